The molecule has 1 atom stereocenters. The van der Waals surface area contributed by atoms with Crippen LogP contribution >= 0.6 is 24.0 Å². The number of nitrogens with zero attached hydrogens (tertiary/aromatic N) is 2. The predicted octanol–water partition coefficient (Wildman–Crippen LogP) is 2.56. The van der Waals surface area contributed by atoms with Crippen molar-refractivity contribution in [2.24, 2.45) is 4.99 Å². The Kier molecular flexibility index (Phi) is 7.96. The Bertz CT molecular complexity index is 722. The molecule has 26 heavy (non-hydrogen) atoms. The molecule has 1 unspecified atom stereocenters. The van der Waals surface area contributed by atoms with Crippen molar-refractivity contribution >= 4 is 29.9 Å². The molecular weight excluding hydrogens is 443 g/mol. The molecule has 1 aromatic heterocycles. The smallest absolute Gasteiger partial charge is 0.191 e. The normalized spacial score (nSPS) is 15.8. The van der Waals surface area contributed by atoms with Crippen LogP contribution in [0.3, 0.4) is 0 Å². The van der Waals surface area contributed by atoms with Crippen LogP contribution in [0.2, 0.25) is 0 Å². The van der Waals surface area contributed by atoms with E-state index in [9.17, 15) is 0 Å². The summed E-state index contributed by atoms with van der Waals surface area (Å²) < 4.78 is 11.7. The van der Waals surface area contributed by atoms with Crippen LogP contribution < -0.4 is 20.1 Å². The van der Waals surface area contributed by atoms with E-state index in [0.29, 0.717) is 13.2 Å². The largest absolute Gasteiger partial charge is 0.486 e. The second-order valence-corrected chi connectivity index (χ2v) is 5.94. The second kappa shape index (κ2) is 10.2. The molecule has 0 bridgehead atoms. The van der Waals surface area contributed by atoms with E-state index in [4.69, 9.17) is 9.47 Å². The van der Waals surface area contributed by atoms with E-state index >= 15 is 0 Å². The maximum atomic E-state index is 5.93. The van der Waals surface area contributed by atoms with Gasteiger partial charge in [0.15, 0.2) is 17.5 Å². The van der Waals surface area contributed by atoms with E-state index in [0.717, 1.165) is 36.1 Å². The van der Waals surface area contributed by atoms with Crippen LogP contribution in [0.25, 0.3) is 0 Å². The van der Waals surface area contributed by atoms with Crippen molar-refractivity contribution in [3.05, 3.63) is 53.9 Å². The minimum Gasteiger partial charge on any atom is -0.486 e. The van der Waals surface area contributed by atoms with E-state index in [1.807, 2.05) is 43.5 Å². The first-order valence-corrected chi connectivity index (χ1v) is 8.49. The van der Waals surface area contributed by atoms with Gasteiger partial charge in [0.2, 0.25) is 0 Å². The molecule has 3 rings (SSSR count). The summed E-state index contributed by atoms with van der Waals surface area (Å²) in [5.41, 5.74) is 2.24. The fourth-order valence-electron chi connectivity index (χ4n) is 2.57. The van der Waals surface area contributed by atoms with Crippen LogP contribution in [0.1, 0.15) is 11.3 Å². The number of fused-ring (bicyclic) bond motifs is 1. The molecule has 0 spiro atoms. The summed E-state index contributed by atoms with van der Waals surface area (Å²) in [7, 11) is 1.76. The number of hydrogen-bond acceptors (Lipinski definition) is 4. The third-order valence-corrected chi connectivity index (χ3v) is 3.97. The van der Waals surface area contributed by atoms with E-state index < -0.39 is 0 Å². The highest BCUT2D eigenvalue weighted by Crippen LogP contribution is 2.30. The Morgan fingerprint density at radius 2 is 2.00 bits per heavy atom. The first kappa shape index (κ1) is 20.3. The summed E-state index contributed by atoms with van der Waals surface area (Å²) in [5, 5.41) is 6.59. The maximum absolute atomic E-state index is 5.93. The number of rotatable bonds is 5. The summed E-state index contributed by atoms with van der Waals surface area (Å²) in [6.07, 6.45) is 2.76. The molecule has 1 aliphatic heterocycles. The number of guanidine groups is 1. The maximum Gasteiger partial charge on any atom is 0.191 e. The van der Waals surface area contributed by atoms with Crippen molar-refractivity contribution in [1.29, 1.82) is 0 Å². The minimum absolute atomic E-state index is 0. The molecule has 2 aromatic rings. The lowest BCUT2D eigenvalue weighted by atomic mass is 10.2. The standard InChI is InChI=1S/C19H24N4O2.HI/c1-14-7-8-15(11-22-14)9-10-21-19(20-2)23-12-16-13-24-17-5-3-4-6-18(17)25-16;/h3-8,11,16H,9-10,12-13H2,1-2H3,(H2,20,21,23);1H. The van der Waals surface area contributed by atoms with Crippen LogP contribution in [0.5, 0.6) is 11.5 Å². The average Bonchev–Trinajstić information content (AvgIpc) is 2.66. The Hall–Kier alpha value is -2.03. The number of ether oxygens (including phenoxy) is 2. The Morgan fingerprint density at radius 1 is 1.19 bits per heavy atom. The van der Waals surface area contributed by atoms with Crippen LogP contribution in [-0.4, -0.2) is 43.8 Å². The fraction of sp³-hybridized carbons (Fsp3) is 0.368. The summed E-state index contributed by atoms with van der Waals surface area (Å²) in [5.74, 6) is 2.34. The quantitative estimate of drug-likeness (QED) is 0.401. The molecule has 0 aliphatic carbocycles. The lowest BCUT2D eigenvalue weighted by Gasteiger charge is -2.27. The highest BCUT2D eigenvalue weighted by molar-refractivity contribution is 14.0. The Morgan fingerprint density at radius 3 is 2.73 bits per heavy atom. The topological polar surface area (TPSA) is 67.8 Å². The van der Waals surface area contributed by atoms with Gasteiger partial charge < -0.3 is 20.1 Å². The number of benzene rings is 1. The molecule has 2 heterocycles. The van der Waals surface area contributed by atoms with Crippen molar-refractivity contribution in [2.75, 3.05) is 26.7 Å². The second-order valence-electron chi connectivity index (χ2n) is 5.94. The zero-order chi connectivity index (χ0) is 17.5. The molecule has 2 N–H and O–H groups in total. The number of halogens is 1. The van der Waals surface area contributed by atoms with Gasteiger partial charge >= 0.3 is 0 Å². The van der Waals surface area contributed by atoms with Gasteiger partial charge in [0.05, 0.1) is 6.54 Å². The molecule has 0 saturated heterocycles. The summed E-state index contributed by atoms with van der Waals surface area (Å²) in [6, 6.07) is 11.9. The van der Waals surface area contributed by atoms with Gasteiger partial charge in [0, 0.05) is 25.5 Å². The lowest BCUT2D eigenvalue weighted by molar-refractivity contribution is 0.0936. The van der Waals surface area contributed by atoms with Crippen molar-refractivity contribution in [1.82, 2.24) is 15.6 Å². The van der Waals surface area contributed by atoms with Gasteiger partial charge in [0.25, 0.3) is 0 Å². The van der Waals surface area contributed by atoms with Gasteiger partial charge in [-0.15, -0.1) is 24.0 Å². The van der Waals surface area contributed by atoms with Gasteiger partial charge in [-0.2, -0.15) is 0 Å². The monoisotopic (exact) mass is 468 g/mol. The van der Waals surface area contributed by atoms with Gasteiger partial charge in [-0.25, -0.2) is 0 Å². The minimum atomic E-state index is -0.0465. The third-order valence-electron chi connectivity index (χ3n) is 3.97. The summed E-state index contributed by atoms with van der Waals surface area (Å²) >= 11 is 0. The zero-order valence-electron chi connectivity index (χ0n) is 15.1. The number of aryl methyl sites for hydroxylation is 1. The first-order chi connectivity index (χ1) is 12.2. The van der Waals surface area contributed by atoms with E-state index in [2.05, 4.69) is 26.7 Å². The Labute approximate surface area is 171 Å². The average molecular weight is 468 g/mol. The molecule has 7 heteroatoms. The fourth-order valence-corrected chi connectivity index (χ4v) is 2.57. The van der Waals surface area contributed by atoms with Gasteiger partial charge in [0.1, 0.15) is 12.7 Å². The van der Waals surface area contributed by atoms with Gasteiger partial charge in [-0.05, 0) is 37.1 Å². The number of aromatic nitrogens is 1. The van der Waals surface area contributed by atoms with Crippen molar-refractivity contribution in [3.8, 4) is 11.5 Å². The molecule has 0 radical (unpaired) electrons. The number of hydrogen-bond donors (Lipinski definition) is 2. The molecule has 6 nitrogen and oxygen atoms in total. The van der Waals surface area contributed by atoms with Gasteiger partial charge in [-0.3, -0.25) is 9.98 Å². The van der Waals surface area contributed by atoms with Crippen LogP contribution in [0.4, 0.5) is 0 Å². The van der Waals surface area contributed by atoms with Crippen molar-refractivity contribution < 1.29 is 9.47 Å². The molecule has 0 fully saturated rings. The molecule has 140 valence electrons. The SMILES string of the molecule is CN=C(NCCc1ccc(C)nc1)NCC1COc2ccccc2O1.I. The zero-order valence-corrected chi connectivity index (χ0v) is 17.4. The third kappa shape index (κ3) is 5.76. The van der Waals surface area contributed by atoms with E-state index in [1.165, 1.54) is 5.56 Å². The first-order valence-electron chi connectivity index (χ1n) is 8.49. The van der Waals surface area contributed by atoms with Crippen molar-refractivity contribution in [2.45, 2.75) is 19.4 Å². The number of nitrogens with one attached hydrogen (secondary N) is 2. The number of pyridine rings is 1. The van der Waals surface area contributed by atoms with E-state index in [-0.39, 0.29) is 30.1 Å². The molecule has 1 aliphatic rings. The van der Waals surface area contributed by atoms with E-state index in [1.54, 1.807) is 7.05 Å². The molecule has 0 amide bonds. The van der Waals surface area contributed by atoms with Crippen molar-refractivity contribution in [3.63, 3.8) is 0 Å². The molecule has 0 saturated carbocycles. The summed E-state index contributed by atoms with van der Waals surface area (Å²) in [4.78, 5) is 8.55. The summed E-state index contributed by atoms with van der Waals surface area (Å²) in [6.45, 7) is 3.93. The highest BCUT2D eigenvalue weighted by Gasteiger charge is 2.20. The van der Waals surface area contributed by atoms with Crippen LogP contribution in [-0.2, 0) is 6.42 Å². The van der Waals surface area contributed by atoms with Crippen LogP contribution in [0.15, 0.2) is 47.6 Å². The van der Waals surface area contributed by atoms with Crippen LogP contribution in [0, 0.1) is 6.92 Å². The Balaban J connectivity index is 0.00000243. The molecular formula is C19H25IN4O2. The highest BCUT2D eigenvalue weighted by atomic mass is 127. The number of aliphatic imine (C=N–C) groups is 1. The predicted molar refractivity (Wildman–Crippen MR) is 114 cm³/mol. The lowest BCUT2D eigenvalue weighted by Crippen LogP contribution is -2.45. The van der Waals surface area contributed by atoms with Gasteiger partial charge in [-0.1, -0.05) is 18.2 Å². The number of para-hydroxylation sites is 2. The molecule has 1 aromatic carbocycles.